The van der Waals surface area contributed by atoms with Crippen LogP contribution >= 0.6 is 0 Å². The highest BCUT2D eigenvalue weighted by Crippen LogP contribution is 2.19. The summed E-state index contributed by atoms with van der Waals surface area (Å²) in [7, 11) is 0. The minimum absolute atomic E-state index is 0.141. The second-order valence-electron chi connectivity index (χ2n) is 6.14. The predicted octanol–water partition coefficient (Wildman–Crippen LogP) is 2.34. The van der Waals surface area contributed by atoms with Gasteiger partial charge in [0, 0.05) is 6.20 Å². The van der Waals surface area contributed by atoms with Crippen molar-refractivity contribution in [3.8, 4) is 5.75 Å². The number of nitrogens with zero attached hydrogens (tertiary/aromatic N) is 2. The fourth-order valence-corrected chi connectivity index (χ4v) is 2.09. The highest BCUT2D eigenvalue weighted by Gasteiger charge is 2.30. The average Bonchev–Trinajstić information content (AvgIpc) is 2.95. The first-order chi connectivity index (χ1) is 11.2. The van der Waals surface area contributed by atoms with Crippen LogP contribution in [0.4, 0.5) is 5.69 Å². The number of carbonyl (C=O) groups is 2. The van der Waals surface area contributed by atoms with Crippen LogP contribution in [0.2, 0.25) is 0 Å². The van der Waals surface area contributed by atoms with Crippen LogP contribution in [-0.4, -0.2) is 33.4 Å². The summed E-state index contributed by atoms with van der Waals surface area (Å²) in [6.45, 7) is 6.81. The van der Waals surface area contributed by atoms with Crippen LogP contribution in [0.15, 0.2) is 30.6 Å². The second kappa shape index (κ2) is 6.74. The molecule has 7 heteroatoms. The summed E-state index contributed by atoms with van der Waals surface area (Å²) in [5, 5.41) is 15.8. The fraction of sp³-hybridized carbons (Fsp3) is 0.353. The maximum absolute atomic E-state index is 12.0. The third kappa shape index (κ3) is 3.92. The molecule has 1 heterocycles. The van der Waals surface area contributed by atoms with Crippen LogP contribution in [0, 0.1) is 13.8 Å². The maximum atomic E-state index is 12.0. The number of carbonyl (C=O) groups excluding carboxylic acids is 1. The zero-order valence-corrected chi connectivity index (χ0v) is 14.2. The van der Waals surface area contributed by atoms with Gasteiger partial charge in [0.25, 0.3) is 5.91 Å². The molecular formula is C17H21N3O4. The highest BCUT2D eigenvalue weighted by molar-refractivity contribution is 5.91. The standard InChI is InChI=1S/C17H21N3O4/c1-11-5-6-14(12(2)7-11)24-10-15(21)19-13-8-18-20(9-13)17(3,4)16(22)23/h5-9H,10H2,1-4H3,(H,19,21)(H,22,23). The molecule has 0 unspecified atom stereocenters. The molecule has 1 amide bonds. The van der Waals surface area contributed by atoms with E-state index >= 15 is 0 Å². The SMILES string of the molecule is Cc1ccc(OCC(=O)Nc2cnn(C(C)(C)C(=O)O)c2)c(C)c1. The van der Waals surface area contributed by atoms with Gasteiger partial charge in [0.05, 0.1) is 11.9 Å². The van der Waals surface area contributed by atoms with Crippen molar-refractivity contribution in [1.29, 1.82) is 0 Å². The summed E-state index contributed by atoms with van der Waals surface area (Å²) < 4.78 is 6.79. The van der Waals surface area contributed by atoms with E-state index < -0.39 is 11.5 Å². The van der Waals surface area contributed by atoms with E-state index in [0.29, 0.717) is 11.4 Å². The lowest BCUT2D eigenvalue weighted by molar-refractivity contribution is -0.146. The summed E-state index contributed by atoms with van der Waals surface area (Å²) >= 11 is 0. The number of aliphatic carboxylic acids is 1. The molecule has 0 bridgehead atoms. The molecule has 0 atom stereocenters. The van der Waals surface area contributed by atoms with Gasteiger partial charge < -0.3 is 15.2 Å². The van der Waals surface area contributed by atoms with E-state index in [1.165, 1.54) is 30.9 Å². The number of hydrogen-bond acceptors (Lipinski definition) is 4. The van der Waals surface area contributed by atoms with Gasteiger partial charge in [0.15, 0.2) is 12.1 Å². The van der Waals surface area contributed by atoms with Crippen molar-refractivity contribution in [3.63, 3.8) is 0 Å². The van der Waals surface area contributed by atoms with Crippen molar-refractivity contribution >= 4 is 17.6 Å². The third-order valence-electron chi connectivity index (χ3n) is 3.65. The van der Waals surface area contributed by atoms with E-state index in [1.54, 1.807) is 0 Å². The van der Waals surface area contributed by atoms with Gasteiger partial charge in [-0.05, 0) is 39.3 Å². The van der Waals surface area contributed by atoms with Gasteiger partial charge in [-0.1, -0.05) is 17.7 Å². The number of carboxylic acid groups (broad SMARTS) is 1. The lowest BCUT2D eigenvalue weighted by Crippen LogP contribution is -2.35. The zero-order valence-electron chi connectivity index (χ0n) is 14.2. The van der Waals surface area contributed by atoms with Crippen LogP contribution < -0.4 is 10.1 Å². The van der Waals surface area contributed by atoms with Crippen molar-refractivity contribution in [3.05, 3.63) is 41.7 Å². The molecule has 128 valence electrons. The molecule has 1 aromatic heterocycles. The molecule has 0 aliphatic heterocycles. The van der Waals surface area contributed by atoms with Crippen molar-refractivity contribution in [2.24, 2.45) is 0 Å². The topological polar surface area (TPSA) is 93.5 Å². The van der Waals surface area contributed by atoms with Gasteiger partial charge in [-0.2, -0.15) is 5.10 Å². The van der Waals surface area contributed by atoms with Crippen molar-refractivity contribution in [2.45, 2.75) is 33.2 Å². The first-order valence-corrected chi connectivity index (χ1v) is 7.48. The largest absolute Gasteiger partial charge is 0.483 e. The first kappa shape index (κ1) is 17.5. The summed E-state index contributed by atoms with van der Waals surface area (Å²) in [6.07, 6.45) is 2.88. The van der Waals surface area contributed by atoms with Gasteiger partial charge in [-0.3, -0.25) is 9.48 Å². The third-order valence-corrected chi connectivity index (χ3v) is 3.65. The lowest BCUT2D eigenvalue weighted by atomic mass is 10.1. The molecule has 0 aliphatic rings. The molecule has 2 N–H and O–H groups in total. The van der Waals surface area contributed by atoms with Crippen LogP contribution in [0.3, 0.4) is 0 Å². The van der Waals surface area contributed by atoms with Crippen molar-refractivity contribution in [2.75, 3.05) is 11.9 Å². The second-order valence-corrected chi connectivity index (χ2v) is 6.14. The maximum Gasteiger partial charge on any atom is 0.331 e. The Morgan fingerprint density at radius 1 is 1.33 bits per heavy atom. The van der Waals surface area contributed by atoms with Crippen LogP contribution in [0.5, 0.6) is 5.75 Å². The number of nitrogens with one attached hydrogen (secondary N) is 1. The Bertz CT molecular complexity index is 765. The monoisotopic (exact) mass is 331 g/mol. The molecule has 0 aliphatic carbocycles. The molecule has 0 radical (unpaired) electrons. The number of amides is 1. The summed E-state index contributed by atoms with van der Waals surface area (Å²) in [6, 6.07) is 5.72. The van der Waals surface area contributed by atoms with E-state index in [1.807, 2.05) is 32.0 Å². The van der Waals surface area contributed by atoms with E-state index in [-0.39, 0.29) is 12.5 Å². The Labute approximate surface area is 140 Å². The molecule has 7 nitrogen and oxygen atoms in total. The Hall–Kier alpha value is -2.83. The zero-order chi connectivity index (χ0) is 17.9. The van der Waals surface area contributed by atoms with Gasteiger partial charge in [0.1, 0.15) is 5.75 Å². The summed E-state index contributed by atoms with van der Waals surface area (Å²) in [5.41, 5.74) is 1.30. The van der Waals surface area contributed by atoms with Gasteiger partial charge in [-0.25, -0.2) is 4.79 Å². The Morgan fingerprint density at radius 3 is 2.67 bits per heavy atom. The molecule has 2 rings (SSSR count). The quantitative estimate of drug-likeness (QED) is 0.847. The molecule has 1 aromatic carbocycles. The van der Waals surface area contributed by atoms with Crippen LogP contribution in [-0.2, 0) is 15.1 Å². The number of hydrogen-bond donors (Lipinski definition) is 2. The Morgan fingerprint density at radius 2 is 2.04 bits per heavy atom. The van der Waals surface area contributed by atoms with Crippen LogP contribution in [0.25, 0.3) is 0 Å². The highest BCUT2D eigenvalue weighted by atomic mass is 16.5. The van der Waals surface area contributed by atoms with E-state index in [0.717, 1.165) is 11.1 Å². The van der Waals surface area contributed by atoms with E-state index in [4.69, 9.17) is 4.74 Å². The number of benzene rings is 1. The first-order valence-electron chi connectivity index (χ1n) is 7.48. The Balaban J connectivity index is 1.96. The van der Waals surface area contributed by atoms with Gasteiger partial charge in [-0.15, -0.1) is 0 Å². The smallest absolute Gasteiger partial charge is 0.331 e. The Kier molecular flexibility index (Phi) is 4.92. The van der Waals surface area contributed by atoms with Crippen LogP contribution in [0.1, 0.15) is 25.0 Å². The number of aromatic nitrogens is 2. The molecule has 0 spiro atoms. The average molecular weight is 331 g/mol. The summed E-state index contributed by atoms with van der Waals surface area (Å²) in [4.78, 5) is 23.2. The van der Waals surface area contributed by atoms with Gasteiger partial charge >= 0.3 is 5.97 Å². The number of ether oxygens (including phenoxy) is 1. The minimum Gasteiger partial charge on any atom is -0.483 e. The van der Waals surface area contributed by atoms with Gasteiger partial charge in [0.2, 0.25) is 0 Å². The lowest BCUT2D eigenvalue weighted by Gasteiger charge is -2.19. The van der Waals surface area contributed by atoms with E-state index in [2.05, 4.69) is 10.4 Å². The van der Waals surface area contributed by atoms with Crippen molar-refractivity contribution in [1.82, 2.24) is 9.78 Å². The number of rotatable bonds is 6. The number of aryl methyl sites for hydroxylation is 2. The predicted molar refractivity (Wildman–Crippen MR) is 89.2 cm³/mol. The molecule has 2 aromatic rings. The summed E-state index contributed by atoms with van der Waals surface area (Å²) in [5.74, 6) is -0.706. The molecule has 24 heavy (non-hydrogen) atoms. The molecule has 0 fully saturated rings. The number of anilines is 1. The molecule has 0 saturated heterocycles. The van der Waals surface area contributed by atoms with E-state index in [9.17, 15) is 14.7 Å². The molecular weight excluding hydrogens is 310 g/mol. The fourth-order valence-electron chi connectivity index (χ4n) is 2.09. The normalized spacial score (nSPS) is 11.2. The minimum atomic E-state index is -1.20. The number of carboxylic acids is 1. The van der Waals surface area contributed by atoms with Crippen molar-refractivity contribution < 1.29 is 19.4 Å². The molecule has 0 saturated carbocycles.